The number of carbonyl (C=O) groups excluding carboxylic acids is 2. The van der Waals surface area contributed by atoms with Crippen molar-refractivity contribution in [3.05, 3.63) is 83.9 Å². The maximum Gasteiger partial charge on any atom is 0.232 e. The van der Waals surface area contributed by atoms with E-state index in [4.69, 9.17) is 9.47 Å². The Morgan fingerprint density at radius 2 is 1.62 bits per heavy atom. The zero-order valence-electron chi connectivity index (χ0n) is 17.8. The van der Waals surface area contributed by atoms with E-state index in [1.165, 1.54) is 0 Å². The SMILES string of the molecule is CCOc1ccc(N2C[C@H](NC(=O)C3c4ccccc4Oc4ccccc43)CC2=O)cc1. The number of fused-ring (bicyclic) bond motifs is 2. The number of para-hydroxylation sites is 2. The van der Waals surface area contributed by atoms with Crippen LogP contribution in [0.5, 0.6) is 17.2 Å². The van der Waals surface area contributed by atoms with Crippen molar-refractivity contribution in [1.29, 1.82) is 0 Å². The quantitative estimate of drug-likeness (QED) is 0.660. The predicted molar refractivity (Wildman–Crippen MR) is 121 cm³/mol. The lowest BCUT2D eigenvalue weighted by atomic mass is 9.87. The summed E-state index contributed by atoms with van der Waals surface area (Å²) in [6, 6.07) is 22.4. The average molecular weight is 428 g/mol. The fourth-order valence-corrected chi connectivity index (χ4v) is 4.42. The minimum atomic E-state index is -0.481. The van der Waals surface area contributed by atoms with Crippen molar-refractivity contribution in [3.8, 4) is 17.2 Å². The van der Waals surface area contributed by atoms with E-state index >= 15 is 0 Å². The number of carbonyl (C=O) groups is 2. The van der Waals surface area contributed by atoms with E-state index in [-0.39, 0.29) is 24.3 Å². The molecule has 0 unspecified atom stereocenters. The van der Waals surface area contributed by atoms with Crippen molar-refractivity contribution in [1.82, 2.24) is 5.32 Å². The Balaban J connectivity index is 1.34. The van der Waals surface area contributed by atoms with Crippen LogP contribution in [0.15, 0.2) is 72.8 Å². The average Bonchev–Trinajstić information content (AvgIpc) is 3.17. The highest BCUT2D eigenvalue weighted by atomic mass is 16.5. The molecule has 162 valence electrons. The summed E-state index contributed by atoms with van der Waals surface area (Å²) in [5.74, 6) is 1.52. The summed E-state index contributed by atoms with van der Waals surface area (Å²) in [6.07, 6.45) is 0.269. The van der Waals surface area contributed by atoms with Crippen LogP contribution in [0.1, 0.15) is 30.4 Å². The molecular weight excluding hydrogens is 404 g/mol. The number of benzene rings is 3. The number of hydrogen-bond acceptors (Lipinski definition) is 4. The summed E-state index contributed by atoms with van der Waals surface area (Å²) in [4.78, 5) is 27.8. The molecule has 1 saturated heterocycles. The third kappa shape index (κ3) is 3.68. The number of rotatable bonds is 5. The Bertz CT molecular complexity index is 1110. The van der Waals surface area contributed by atoms with Crippen LogP contribution in [0.4, 0.5) is 5.69 Å². The Hall–Kier alpha value is -3.80. The molecule has 2 amide bonds. The highest BCUT2D eigenvalue weighted by Crippen LogP contribution is 2.44. The van der Waals surface area contributed by atoms with Crippen molar-refractivity contribution in [2.24, 2.45) is 0 Å². The first-order valence-corrected chi connectivity index (χ1v) is 10.8. The number of ether oxygens (including phenoxy) is 2. The molecule has 1 atom stereocenters. The molecule has 32 heavy (non-hydrogen) atoms. The molecule has 2 heterocycles. The van der Waals surface area contributed by atoms with Gasteiger partial charge in [0, 0.05) is 29.8 Å². The third-order valence-electron chi connectivity index (χ3n) is 5.87. The molecule has 0 spiro atoms. The fraction of sp³-hybridized carbons (Fsp3) is 0.231. The molecule has 0 saturated carbocycles. The van der Waals surface area contributed by atoms with Gasteiger partial charge in [-0.05, 0) is 43.3 Å². The van der Waals surface area contributed by atoms with Gasteiger partial charge in [0.25, 0.3) is 0 Å². The normalized spacial score (nSPS) is 17.3. The maximum absolute atomic E-state index is 13.4. The van der Waals surface area contributed by atoms with Crippen LogP contribution in [0.3, 0.4) is 0 Å². The van der Waals surface area contributed by atoms with Crippen LogP contribution < -0.4 is 19.7 Å². The van der Waals surface area contributed by atoms with Crippen molar-refractivity contribution in [2.75, 3.05) is 18.1 Å². The van der Waals surface area contributed by atoms with Gasteiger partial charge in [0.2, 0.25) is 11.8 Å². The zero-order valence-corrected chi connectivity index (χ0v) is 17.8. The van der Waals surface area contributed by atoms with Crippen LogP contribution in [0.25, 0.3) is 0 Å². The minimum absolute atomic E-state index is 0.00719. The summed E-state index contributed by atoms with van der Waals surface area (Å²) in [7, 11) is 0. The number of amides is 2. The number of nitrogens with one attached hydrogen (secondary N) is 1. The van der Waals surface area contributed by atoms with E-state index in [2.05, 4.69) is 5.32 Å². The van der Waals surface area contributed by atoms with E-state index in [9.17, 15) is 9.59 Å². The number of hydrogen-bond donors (Lipinski definition) is 1. The van der Waals surface area contributed by atoms with Gasteiger partial charge in [-0.3, -0.25) is 9.59 Å². The lowest BCUT2D eigenvalue weighted by Crippen LogP contribution is -2.40. The zero-order chi connectivity index (χ0) is 22.1. The lowest BCUT2D eigenvalue weighted by Gasteiger charge is -2.28. The predicted octanol–water partition coefficient (Wildman–Crippen LogP) is 4.24. The first-order chi connectivity index (χ1) is 15.6. The van der Waals surface area contributed by atoms with Gasteiger partial charge < -0.3 is 19.7 Å². The van der Waals surface area contributed by atoms with Gasteiger partial charge in [-0.15, -0.1) is 0 Å². The van der Waals surface area contributed by atoms with E-state index in [0.717, 1.165) is 22.6 Å². The van der Waals surface area contributed by atoms with E-state index in [1.807, 2.05) is 79.7 Å². The molecule has 0 aromatic heterocycles. The molecule has 1 N–H and O–H groups in total. The van der Waals surface area contributed by atoms with Gasteiger partial charge in [0.1, 0.15) is 17.2 Å². The van der Waals surface area contributed by atoms with Crippen LogP contribution in [-0.2, 0) is 9.59 Å². The standard InChI is InChI=1S/C26H24N2O4/c1-2-31-19-13-11-18(12-14-19)28-16-17(15-24(28)29)27-26(30)25-20-7-3-5-9-22(20)32-23-10-6-4-8-21(23)25/h3-14,17,25H,2,15-16H2,1H3,(H,27,30)/t17-/m1/s1. The molecule has 2 aliphatic heterocycles. The van der Waals surface area contributed by atoms with Crippen molar-refractivity contribution in [2.45, 2.75) is 25.3 Å². The molecule has 2 aliphatic rings. The van der Waals surface area contributed by atoms with Gasteiger partial charge in [-0.1, -0.05) is 36.4 Å². The number of nitrogens with zero attached hydrogens (tertiary/aromatic N) is 1. The van der Waals surface area contributed by atoms with Gasteiger partial charge in [0.15, 0.2) is 0 Å². The first kappa shape index (κ1) is 20.1. The second-order valence-electron chi connectivity index (χ2n) is 7.95. The Labute approximate surface area is 186 Å². The summed E-state index contributed by atoms with van der Waals surface area (Å²) in [5.41, 5.74) is 2.46. The molecule has 0 radical (unpaired) electrons. The minimum Gasteiger partial charge on any atom is -0.494 e. The van der Waals surface area contributed by atoms with E-state index in [1.54, 1.807) is 4.90 Å². The Morgan fingerprint density at radius 1 is 1.00 bits per heavy atom. The molecule has 5 rings (SSSR count). The molecule has 3 aromatic carbocycles. The van der Waals surface area contributed by atoms with Crippen molar-refractivity contribution >= 4 is 17.5 Å². The van der Waals surface area contributed by atoms with Crippen molar-refractivity contribution in [3.63, 3.8) is 0 Å². The molecule has 0 bridgehead atoms. The molecule has 1 fully saturated rings. The lowest BCUT2D eigenvalue weighted by molar-refractivity contribution is -0.122. The third-order valence-corrected chi connectivity index (χ3v) is 5.87. The van der Waals surface area contributed by atoms with E-state index < -0.39 is 5.92 Å². The topological polar surface area (TPSA) is 67.9 Å². The number of anilines is 1. The monoisotopic (exact) mass is 428 g/mol. The largest absolute Gasteiger partial charge is 0.494 e. The fourth-order valence-electron chi connectivity index (χ4n) is 4.42. The summed E-state index contributed by atoms with van der Waals surface area (Å²) < 4.78 is 11.5. The Kier molecular flexibility index (Phi) is 5.27. The highest BCUT2D eigenvalue weighted by molar-refractivity contribution is 5.97. The van der Waals surface area contributed by atoms with Gasteiger partial charge in [-0.2, -0.15) is 0 Å². The van der Waals surface area contributed by atoms with Crippen LogP contribution in [0.2, 0.25) is 0 Å². The summed E-state index contributed by atoms with van der Waals surface area (Å²) in [6.45, 7) is 2.96. The summed E-state index contributed by atoms with van der Waals surface area (Å²) in [5, 5.41) is 3.11. The highest BCUT2D eigenvalue weighted by Gasteiger charge is 2.36. The summed E-state index contributed by atoms with van der Waals surface area (Å²) >= 11 is 0. The van der Waals surface area contributed by atoms with Crippen LogP contribution >= 0.6 is 0 Å². The molecule has 6 nitrogen and oxygen atoms in total. The van der Waals surface area contributed by atoms with Gasteiger partial charge in [-0.25, -0.2) is 0 Å². The van der Waals surface area contributed by atoms with Crippen LogP contribution in [0, 0.1) is 0 Å². The second-order valence-corrected chi connectivity index (χ2v) is 7.95. The second kappa shape index (κ2) is 8.38. The smallest absolute Gasteiger partial charge is 0.232 e. The Morgan fingerprint density at radius 3 is 2.25 bits per heavy atom. The maximum atomic E-state index is 13.4. The first-order valence-electron chi connectivity index (χ1n) is 10.8. The molecule has 3 aromatic rings. The van der Waals surface area contributed by atoms with Gasteiger partial charge >= 0.3 is 0 Å². The van der Waals surface area contributed by atoms with Crippen molar-refractivity contribution < 1.29 is 19.1 Å². The van der Waals surface area contributed by atoms with E-state index in [0.29, 0.717) is 24.7 Å². The molecule has 6 heteroatoms. The van der Waals surface area contributed by atoms with Gasteiger partial charge in [0.05, 0.1) is 18.6 Å². The molecular formula is C26H24N2O4. The van der Waals surface area contributed by atoms with Crippen LogP contribution in [-0.4, -0.2) is 31.0 Å². The molecule has 0 aliphatic carbocycles.